The quantitative estimate of drug-likeness (QED) is 0.693. The summed E-state index contributed by atoms with van der Waals surface area (Å²) in [7, 11) is 0. The van der Waals surface area contributed by atoms with Crippen LogP contribution in [-0.4, -0.2) is 14.5 Å². The number of nitrogen functional groups attached to an aromatic ring is 1. The van der Waals surface area contributed by atoms with Crippen molar-refractivity contribution in [1.82, 2.24) is 14.5 Å². The first kappa shape index (κ1) is 8.83. The molecule has 2 N–H and O–H groups in total. The average Bonchev–Trinajstić information content (AvgIpc) is 2.48. The van der Waals surface area contributed by atoms with Gasteiger partial charge < -0.3 is 5.84 Å². The molecule has 72 valence electrons. The molecule has 14 heavy (non-hydrogen) atoms. The van der Waals surface area contributed by atoms with Crippen molar-refractivity contribution in [1.29, 1.82) is 0 Å². The molecule has 0 aliphatic rings. The van der Waals surface area contributed by atoms with Gasteiger partial charge in [0.1, 0.15) is 6.33 Å². The van der Waals surface area contributed by atoms with Crippen molar-refractivity contribution in [3.63, 3.8) is 0 Å². The molecule has 0 saturated carbocycles. The van der Waals surface area contributed by atoms with Crippen LogP contribution in [0.1, 0.15) is 0 Å². The van der Waals surface area contributed by atoms with Crippen molar-refractivity contribution in [3.8, 4) is 5.69 Å². The molecule has 6 heteroatoms. The van der Waals surface area contributed by atoms with Crippen molar-refractivity contribution in [3.05, 3.63) is 46.1 Å². The van der Waals surface area contributed by atoms with Crippen molar-refractivity contribution in [2.45, 2.75) is 0 Å². The zero-order chi connectivity index (χ0) is 10.1. The number of nitrogens with zero attached hydrogens (tertiary/aromatic N) is 3. The largest absolute Gasteiger partial charge is 0.369 e. The minimum Gasteiger partial charge on any atom is -0.334 e. The first-order valence-corrected chi connectivity index (χ1v) is 4.24. The van der Waals surface area contributed by atoms with Gasteiger partial charge in [-0.15, -0.1) is 0 Å². The van der Waals surface area contributed by atoms with Crippen molar-refractivity contribution in [2.75, 3.05) is 5.84 Å². The van der Waals surface area contributed by atoms with Crippen LogP contribution >= 0.6 is 11.6 Å². The van der Waals surface area contributed by atoms with Crippen molar-refractivity contribution >= 4 is 11.6 Å². The molecule has 1 aromatic heterocycles. The lowest BCUT2D eigenvalue weighted by molar-refractivity contribution is 0.821. The highest BCUT2D eigenvalue weighted by atomic mass is 35.5. The van der Waals surface area contributed by atoms with Gasteiger partial charge in [-0.05, 0) is 18.2 Å². The molecule has 1 heterocycles. The normalized spacial score (nSPS) is 10.4. The summed E-state index contributed by atoms with van der Waals surface area (Å²) in [6.07, 6.45) is 1.24. The van der Waals surface area contributed by atoms with Gasteiger partial charge in [0, 0.05) is 5.02 Å². The van der Waals surface area contributed by atoms with Gasteiger partial charge >= 0.3 is 5.69 Å². The van der Waals surface area contributed by atoms with Gasteiger partial charge in [0.2, 0.25) is 0 Å². The second-order valence-corrected chi connectivity index (χ2v) is 3.15. The van der Waals surface area contributed by atoms with Crippen LogP contribution in [0.3, 0.4) is 0 Å². The van der Waals surface area contributed by atoms with Crippen LogP contribution in [0.25, 0.3) is 5.69 Å². The number of hydrogen-bond acceptors (Lipinski definition) is 3. The molecular formula is C8H7ClN4O. The third-order valence-corrected chi connectivity index (χ3v) is 1.98. The van der Waals surface area contributed by atoms with E-state index < -0.39 is 5.69 Å². The van der Waals surface area contributed by atoms with Crippen LogP contribution in [0.4, 0.5) is 0 Å². The Balaban J connectivity index is 2.60. The Morgan fingerprint density at radius 3 is 2.79 bits per heavy atom. The number of nitrogens with two attached hydrogens (primary N) is 1. The number of rotatable bonds is 1. The van der Waals surface area contributed by atoms with Gasteiger partial charge in [0.15, 0.2) is 0 Å². The maximum atomic E-state index is 11.4. The zero-order valence-corrected chi connectivity index (χ0v) is 7.85. The lowest BCUT2D eigenvalue weighted by Crippen LogP contribution is -2.28. The number of hydrogen-bond donors (Lipinski definition) is 1. The molecule has 2 rings (SSSR count). The lowest BCUT2D eigenvalue weighted by Gasteiger charge is -1.98. The van der Waals surface area contributed by atoms with E-state index in [1.807, 2.05) is 0 Å². The fourth-order valence-corrected chi connectivity index (χ4v) is 1.28. The molecule has 1 aromatic carbocycles. The molecular weight excluding hydrogens is 204 g/mol. The predicted octanol–water partition coefficient (Wildman–Crippen LogP) is 0.401. The number of aromatic nitrogens is 3. The van der Waals surface area contributed by atoms with Crippen LogP contribution in [0, 0.1) is 0 Å². The summed E-state index contributed by atoms with van der Waals surface area (Å²) >= 11 is 5.77. The van der Waals surface area contributed by atoms with Gasteiger partial charge in [0.05, 0.1) is 5.69 Å². The van der Waals surface area contributed by atoms with Gasteiger partial charge in [-0.25, -0.2) is 4.79 Å². The first-order valence-electron chi connectivity index (χ1n) is 3.86. The van der Waals surface area contributed by atoms with E-state index in [-0.39, 0.29) is 0 Å². The van der Waals surface area contributed by atoms with Gasteiger partial charge in [-0.3, -0.25) is 0 Å². The Labute approximate surface area is 84.3 Å². The maximum absolute atomic E-state index is 11.4. The highest BCUT2D eigenvalue weighted by Gasteiger charge is 2.04. The second-order valence-electron chi connectivity index (χ2n) is 2.71. The van der Waals surface area contributed by atoms with Crippen molar-refractivity contribution < 1.29 is 0 Å². The highest BCUT2D eigenvalue weighted by molar-refractivity contribution is 6.30. The van der Waals surface area contributed by atoms with Crippen LogP contribution in [-0.2, 0) is 0 Å². The van der Waals surface area contributed by atoms with E-state index in [9.17, 15) is 4.79 Å². The maximum Gasteiger partial charge on any atom is 0.369 e. The summed E-state index contributed by atoms with van der Waals surface area (Å²) in [5.74, 6) is 5.30. The molecule has 2 aromatic rings. The summed E-state index contributed by atoms with van der Waals surface area (Å²) in [5.41, 5.74) is 0.180. The molecule has 5 nitrogen and oxygen atoms in total. The molecule has 0 fully saturated rings. The SMILES string of the molecule is Nn1cnn(-c2cccc(Cl)c2)c1=O. The zero-order valence-electron chi connectivity index (χ0n) is 7.09. The van der Waals surface area contributed by atoms with Gasteiger partial charge in [-0.2, -0.15) is 14.5 Å². The first-order chi connectivity index (χ1) is 6.68. The third kappa shape index (κ3) is 1.38. The average molecular weight is 211 g/mol. The molecule has 0 spiro atoms. The fraction of sp³-hybridized carbons (Fsp3) is 0. The van der Waals surface area contributed by atoms with E-state index in [1.165, 1.54) is 11.0 Å². The molecule has 0 aliphatic carbocycles. The number of benzene rings is 1. The molecule has 0 saturated heterocycles. The summed E-state index contributed by atoms with van der Waals surface area (Å²) in [6.45, 7) is 0. The third-order valence-electron chi connectivity index (χ3n) is 1.75. The van der Waals surface area contributed by atoms with E-state index >= 15 is 0 Å². The van der Waals surface area contributed by atoms with Crippen LogP contribution in [0.5, 0.6) is 0 Å². The van der Waals surface area contributed by atoms with Gasteiger partial charge in [0.25, 0.3) is 0 Å². The molecule has 0 bridgehead atoms. The molecule has 0 unspecified atom stereocenters. The Morgan fingerprint density at radius 1 is 1.43 bits per heavy atom. The summed E-state index contributed by atoms with van der Waals surface area (Å²) in [4.78, 5) is 11.4. The summed E-state index contributed by atoms with van der Waals surface area (Å²) < 4.78 is 2.08. The minimum absolute atomic E-state index is 0.410. The smallest absolute Gasteiger partial charge is 0.334 e. The van der Waals surface area contributed by atoms with Crippen LogP contribution in [0.2, 0.25) is 5.02 Å². The summed E-state index contributed by atoms with van der Waals surface area (Å²) in [5, 5.41) is 4.35. The molecule has 0 amide bonds. The molecule has 0 aliphatic heterocycles. The standard InChI is InChI=1S/C8H7ClN4O/c9-6-2-1-3-7(4-6)13-8(14)12(10)5-11-13/h1-5H,10H2. The predicted molar refractivity (Wildman–Crippen MR) is 53.0 cm³/mol. The van der Waals surface area contributed by atoms with Gasteiger partial charge in [-0.1, -0.05) is 17.7 Å². The topological polar surface area (TPSA) is 65.8 Å². The van der Waals surface area contributed by atoms with E-state index in [0.717, 1.165) is 4.68 Å². The highest BCUT2D eigenvalue weighted by Crippen LogP contribution is 2.11. The van der Waals surface area contributed by atoms with Crippen LogP contribution < -0.4 is 11.5 Å². The molecule has 0 radical (unpaired) electrons. The van der Waals surface area contributed by atoms with E-state index in [0.29, 0.717) is 10.7 Å². The Kier molecular flexibility index (Phi) is 2.01. The molecule has 0 atom stereocenters. The lowest BCUT2D eigenvalue weighted by atomic mass is 10.3. The Bertz CT molecular complexity index is 516. The fourth-order valence-electron chi connectivity index (χ4n) is 1.10. The van der Waals surface area contributed by atoms with E-state index in [4.69, 9.17) is 17.4 Å². The van der Waals surface area contributed by atoms with Crippen molar-refractivity contribution in [2.24, 2.45) is 0 Å². The second kappa shape index (κ2) is 3.19. The van der Waals surface area contributed by atoms with Crippen LogP contribution in [0.15, 0.2) is 35.4 Å². The monoisotopic (exact) mass is 210 g/mol. The summed E-state index contributed by atoms with van der Waals surface area (Å²) in [6, 6.07) is 6.81. The van der Waals surface area contributed by atoms with E-state index in [2.05, 4.69) is 5.10 Å². The number of halogens is 1. The van der Waals surface area contributed by atoms with E-state index in [1.54, 1.807) is 24.3 Å². The Morgan fingerprint density at radius 2 is 2.21 bits per heavy atom. The Hall–Kier alpha value is -1.75. The minimum atomic E-state index is -0.410.